The zero-order chi connectivity index (χ0) is 19.8. The highest BCUT2D eigenvalue weighted by molar-refractivity contribution is 5.93. The van der Waals surface area contributed by atoms with Crippen LogP contribution in [0.2, 0.25) is 0 Å². The molecule has 2 aromatic rings. The molecule has 1 aromatic carbocycles. The summed E-state index contributed by atoms with van der Waals surface area (Å²) in [6, 6.07) is 4.83. The largest absolute Gasteiger partial charge is 0.493 e. The third-order valence-electron chi connectivity index (χ3n) is 4.06. The van der Waals surface area contributed by atoms with Crippen molar-refractivity contribution in [2.45, 2.75) is 39.3 Å². The van der Waals surface area contributed by atoms with Gasteiger partial charge in [0.05, 0.1) is 19.8 Å². The van der Waals surface area contributed by atoms with E-state index in [1.54, 1.807) is 27.2 Å². The maximum absolute atomic E-state index is 13.0. The van der Waals surface area contributed by atoms with Gasteiger partial charge >= 0.3 is 5.97 Å². The molecular formula is C18H23N5O4. The number of ether oxygens (including phenoxy) is 3. The lowest BCUT2D eigenvalue weighted by Crippen LogP contribution is -2.33. The molecule has 0 aliphatic carbocycles. The number of para-hydroxylation sites is 1. The fraction of sp³-hybridized carbons (Fsp3) is 0.444. The van der Waals surface area contributed by atoms with Crippen molar-refractivity contribution < 1.29 is 19.0 Å². The first kappa shape index (κ1) is 18.7. The summed E-state index contributed by atoms with van der Waals surface area (Å²) in [6.07, 6.45) is 0. The number of rotatable bonds is 4. The van der Waals surface area contributed by atoms with Gasteiger partial charge in [-0.05, 0) is 44.2 Å². The van der Waals surface area contributed by atoms with Crippen molar-refractivity contribution in [2.24, 2.45) is 0 Å². The highest BCUT2D eigenvalue weighted by Crippen LogP contribution is 2.42. The second-order valence-electron chi connectivity index (χ2n) is 7.10. The molecule has 1 aromatic heterocycles. The minimum Gasteiger partial charge on any atom is -0.493 e. The van der Waals surface area contributed by atoms with Crippen molar-refractivity contribution in [3.8, 4) is 11.5 Å². The summed E-state index contributed by atoms with van der Waals surface area (Å²) in [6.45, 7) is 7.25. The summed E-state index contributed by atoms with van der Waals surface area (Å²) in [5.74, 6) is 1.02. The topological polar surface area (TPSA) is 100 Å². The smallest absolute Gasteiger partial charge is 0.338 e. The monoisotopic (exact) mass is 373 g/mol. The summed E-state index contributed by atoms with van der Waals surface area (Å²) in [5.41, 5.74) is 1.05. The molecule has 0 amide bonds. The molecule has 27 heavy (non-hydrogen) atoms. The Labute approximate surface area is 157 Å². The Balaban J connectivity index is 2.20. The molecule has 0 saturated carbocycles. The van der Waals surface area contributed by atoms with Gasteiger partial charge < -0.3 is 19.5 Å². The zero-order valence-electron chi connectivity index (χ0n) is 16.2. The fourth-order valence-corrected chi connectivity index (χ4v) is 3.02. The van der Waals surface area contributed by atoms with Gasteiger partial charge in [0.2, 0.25) is 5.95 Å². The standard InChI is InChI=1S/C18H23N5O4/c1-10-13(16(24)27-18(2,3)4)14(23-17(19-10)20-21-22-23)11-8-7-9-12(25-5)15(11)26-6/h7-9,14H,1-6H3,(H,19,20,22)/t14-/m0/s1. The summed E-state index contributed by atoms with van der Waals surface area (Å²) < 4.78 is 18.1. The third-order valence-corrected chi connectivity index (χ3v) is 4.06. The normalized spacial score (nSPS) is 16.4. The number of nitrogens with one attached hydrogen (secondary N) is 1. The van der Waals surface area contributed by atoms with Crippen molar-refractivity contribution >= 4 is 11.9 Å². The number of esters is 1. The number of aromatic nitrogens is 4. The first-order valence-electron chi connectivity index (χ1n) is 8.46. The quantitative estimate of drug-likeness (QED) is 0.815. The van der Waals surface area contributed by atoms with Crippen molar-refractivity contribution in [3.63, 3.8) is 0 Å². The van der Waals surface area contributed by atoms with Crippen LogP contribution in [0.5, 0.6) is 11.5 Å². The molecule has 0 fully saturated rings. The first-order valence-corrected chi connectivity index (χ1v) is 8.46. The highest BCUT2D eigenvalue weighted by atomic mass is 16.6. The first-order chi connectivity index (χ1) is 12.8. The van der Waals surface area contributed by atoms with Crippen molar-refractivity contribution in [2.75, 3.05) is 19.5 Å². The zero-order valence-corrected chi connectivity index (χ0v) is 16.2. The highest BCUT2D eigenvalue weighted by Gasteiger charge is 2.38. The number of fused-ring (bicyclic) bond motifs is 1. The number of hydrogen-bond acceptors (Lipinski definition) is 8. The Hall–Kier alpha value is -3.10. The summed E-state index contributed by atoms with van der Waals surface area (Å²) >= 11 is 0. The Morgan fingerprint density at radius 2 is 1.96 bits per heavy atom. The van der Waals surface area contributed by atoms with E-state index in [1.165, 1.54) is 4.68 Å². The average molecular weight is 373 g/mol. The van der Waals surface area contributed by atoms with Crippen LogP contribution in [-0.2, 0) is 9.53 Å². The van der Waals surface area contributed by atoms with Crippen LogP contribution in [0, 0.1) is 0 Å². The summed E-state index contributed by atoms with van der Waals surface area (Å²) in [4.78, 5) is 13.0. The van der Waals surface area contributed by atoms with E-state index in [0.717, 1.165) is 0 Å². The van der Waals surface area contributed by atoms with Crippen molar-refractivity contribution in [3.05, 3.63) is 35.0 Å². The fourth-order valence-electron chi connectivity index (χ4n) is 3.02. The van der Waals surface area contributed by atoms with E-state index in [0.29, 0.717) is 34.3 Å². The molecule has 0 spiro atoms. The van der Waals surface area contributed by atoms with Gasteiger partial charge in [-0.1, -0.05) is 17.2 Å². The average Bonchev–Trinajstić information content (AvgIpc) is 3.05. The number of carbonyl (C=O) groups excluding carboxylic acids is 1. The van der Waals surface area contributed by atoms with Crippen molar-refractivity contribution in [1.29, 1.82) is 0 Å². The number of benzene rings is 1. The lowest BCUT2D eigenvalue weighted by atomic mass is 9.94. The molecule has 2 heterocycles. The molecule has 9 heteroatoms. The predicted molar refractivity (Wildman–Crippen MR) is 97.7 cm³/mol. The minimum absolute atomic E-state index is 0.399. The SMILES string of the molecule is COc1cccc([C@H]2C(C(=O)OC(C)(C)C)=C(C)Nc3nnnn32)c1OC. The number of anilines is 1. The summed E-state index contributed by atoms with van der Waals surface area (Å²) in [5, 5.41) is 14.8. The number of hydrogen-bond donors (Lipinski definition) is 1. The molecule has 0 radical (unpaired) electrons. The molecular weight excluding hydrogens is 350 g/mol. The molecule has 0 bridgehead atoms. The molecule has 0 saturated heterocycles. The van der Waals surface area contributed by atoms with E-state index in [9.17, 15) is 4.79 Å². The van der Waals surface area contributed by atoms with Crippen LogP contribution in [0.15, 0.2) is 29.5 Å². The van der Waals surface area contributed by atoms with Gasteiger partial charge in [0.1, 0.15) is 11.6 Å². The lowest BCUT2D eigenvalue weighted by Gasteiger charge is -2.30. The van der Waals surface area contributed by atoms with Crippen LogP contribution in [0.1, 0.15) is 39.3 Å². The molecule has 1 aliphatic heterocycles. The van der Waals surface area contributed by atoms with Crippen LogP contribution >= 0.6 is 0 Å². The third kappa shape index (κ3) is 3.44. The van der Waals surface area contributed by atoms with E-state index in [1.807, 2.05) is 32.9 Å². The number of allylic oxidation sites excluding steroid dienone is 1. The van der Waals surface area contributed by atoms with E-state index in [-0.39, 0.29) is 0 Å². The predicted octanol–water partition coefficient (Wildman–Crippen LogP) is 2.32. The Bertz CT molecular complexity index is 897. The van der Waals surface area contributed by atoms with E-state index >= 15 is 0 Å². The number of tetrazole rings is 1. The molecule has 9 nitrogen and oxygen atoms in total. The Morgan fingerprint density at radius 3 is 2.59 bits per heavy atom. The van der Waals surface area contributed by atoms with E-state index in [2.05, 4.69) is 20.8 Å². The van der Waals surface area contributed by atoms with Crippen LogP contribution < -0.4 is 14.8 Å². The van der Waals surface area contributed by atoms with Gasteiger partial charge in [0.15, 0.2) is 11.5 Å². The van der Waals surface area contributed by atoms with Gasteiger partial charge in [0, 0.05) is 11.3 Å². The van der Waals surface area contributed by atoms with E-state index < -0.39 is 17.6 Å². The van der Waals surface area contributed by atoms with Gasteiger partial charge in [-0.25, -0.2) is 4.79 Å². The maximum atomic E-state index is 13.0. The van der Waals surface area contributed by atoms with Gasteiger partial charge in [-0.3, -0.25) is 0 Å². The van der Waals surface area contributed by atoms with Crippen LogP contribution in [0.4, 0.5) is 5.95 Å². The van der Waals surface area contributed by atoms with Crippen LogP contribution in [0.3, 0.4) is 0 Å². The molecule has 1 atom stereocenters. The van der Waals surface area contributed by atoms with Crippen LogP contribution in [-0.4, -0.2) is 46.0 Å². The molecule has 0 unspecified atom stereocenters. The number of carbonyl (C=O) groups is 1. The summed E-state index contributed by atoms with van der Waals surface area (Å²) in [7, 11) is 3.11. The molecule has 144 valence electrons. The van der Waals surface area contributed by atoms with Gasteiger partial charge in [-0.2, -0.15) is 4.68 Å². The number of methoxy groups -OCH3 is 2. The molecule has 3 rings (SSSR count). The number of nitrogens with zero attached hydrogens (tertiary/aromatic N) is 4. The van der Waals surface area contributed by atoms with Gasteiger partial charge in [0.25, 0.3) is 0 Å². The second kappa shape index (κ2) is 6.90. The second-order valence-corrected chi connectivity index (χ2v) is 7.10. The van der Waals surface area contributed by atoms with Gasteiger partial charge in [-0.15, -0.1) is 0 Å². The molecule has 1 N–H and O–H groups in total. The Kier molecular flexibility index (Phi) is 4.77. The van der Waals surface area contributed by atoms with Crippen LogP contribution in [0.25, 0.3) is 0 Å². The molecule has 1 aliphatic rings. The minimum atomic E-state index is -0.645. The van der Waals surface area contributed by atoms with Crippen molar-refractivity contribution in [1.82, 2.24) is 20.2 Å². The lowest BCUT2D eigenvalue weighted by molar-refractivity contribution is -0.150. The van der Waals surface area contributed by atoms with E-state index in [4.69, 9.17) is 14.2 Å². The Morgan fingerprint density at radius 1 is 1.22 bits per heavy atom. The maximum Gasteiger partial charge on any atom is 0.338 e.